The molecule has 7 nitrogen and oxygen atoms in total. The van der Waals surface area contributed by atoms with Crippen molar-refractivity contribution < 1.29 is 13.9 Å². The number of carbonyl (C=O) groups is 1. The number of amides is 2. The molecule has 1 spiro atoms. The predicted molar refractivity (Wildman–Crippen MR) is 112 cm³/mol. The maximum atomic E-state index is 13.1. The summed E-state index contributed by atoms with van der Waals surface area (Å²) in [6.07, 6.45) is 4.61. The van der Waals surface area contributed by atoms with Crippen LogP contribution >= 0.6 is 11.6 Å². The third-order valence-electron chi connectivity index (χ3n) is 7.13. The van der Waals surface area contributed by atoms with Crippen LogP contribution in [0.15, 0.2) is 18.2 Å². The zero-order valence-corrected chi connectivity index (χ0v) is 17.9. The Morgan fingerprint density at radius 3 is 2.71 bits per heavy atom. The molecule has 0 atom stereocenters. The fourth-order valence-corrected chi connectivity index (χ4v) is 5.39. The van der Waals surface area contributed by atoms with Gasteiger partial charge in [-0.2, -0.15) is 5.10 Å². The summed E-state index contributed by atoms with van der Waals surface area (Å²) in [5.74, 6) is 3.43. The van der Waals surface area contributed by atoms with Gasteiger partial charge in [-0.25, -0.2) is 14.2 Å². The van der Waals surface area contributed by atoms with Crippen molar-refractivity contribution in [2.75, 3.05) is 32.8 Å². The van der Waals surface area contributed by atoms with E-state index in [1.165, 1.54) is 31.0 Å². The van der Waals surface area contributed by atoms with E-state index in [9.17, 15) is 9.18 Å². The number of nitrogens with one attached hydrogen (secondary N) is 1. The van der Waals surface area contributed by atoms with Crippen molar-refractivity contribution in [3.63, 3.8) is 0 Å². The third kappa shape index (κ3) is 3.54. The first kappa shape index (κ1) is 19.3. The lowest BCUT2D eigenvalue weighted by molar-refractivity contribution is -0.0635. The number of hydrogen-bond donors (Lipinski definition) is 1. The van der Waals surface area contributed by atoms with Crippen molar-refractivity contribution in [3.05, 3.63) is 40.7 Å². The van der Waals surface area contributed by atoms with Crippen LogP contribution in [0.1, 0.15) is 49.2 Å². The summed E-state index contributed by atoms with van der Waals surface area (Å²) in [5.41, 5.74) is 0.271. The fourth-order valence-electron chi connectivity index (χ4n) is 5.17. The fraction of sp³-hybridized carbons (Fsp3) is 0.591. The molecule has 31 heavy (non-hydrogen) atoms. The van der Waals surface area contributed by atoms with Gasteiger partial charge in [0.2, 0.25) is 0 Å². The van der Waals surface area contributed by atoms with Crippen molar-refractivity contribution in [3.8, 4) is 5.75 Å². The molecule has 1 N–H and O–H groups in total. The molecule has 4 aliphatic rings. The molecule has 2 aliphatic carbocycles. The van der Waals surface area contributed by atoms with Gasteiger partial charge in [0.1, 0.15) is 17.4 Å². The number of hydrogen-bond acceptors (Lipinski definition) is 4. The van der Waals surface area contributed by atoms with Crippen LogP contribution in [0.2, 0.25) is 5.02 Å². The number of halogens is 2. The molecular formula is C22H25ClFN5O2. The van der Waals surface area contributed by atoms with Crippen LogP contribution in [0.25, 0.3) is 0 Å². The Bertz CT molecular complexity index is 1010. The Balaban J connectivity index is 0.927. The van der Waals surface area contributed by atoms with E-state index < -0.39 is 0 Å². The smallest absolute Gasteiger partial charge is 0.320 e. The number of aromatic amines is 1. The second-order valence-corrected chi connectivity index (χ2v) is 10.2. The Morgan fingerprint density at radius 1 is 1.23 bits per heavy atom. The lowest BCUT2D eigenvalue weighted by Gasteiger charge is -2.59. The molecule has 6 rings (SSSR count). The van der Waals surface area contributed by atoms with Gasteiger partial charge in [0.05, 0.1) is 11.6 Å². The van der Waals surface area contributed by atoms with Gasteiger partial charge in [0.25, 0.3) is 0 Å². The molecule has 2 saturated heterocycles. The molecule has 0 bridgehead atoms. The summed E-state index contributed by atoms with van der Waals surface area (Å²) in [6, 6.07) is 4.23. The summed E-state index contributed by atoms with van der Waals surface area (Å²) < 4.78 is 18.8. The Hall–Kier alpha value is -2.35. The lowest BCUT2D eigenvalue weighted by atomic mass is 9.57. The van der Waals surface area contributed by atoms with Crippen molar-refractivity contribution >= 4 is 17.6 Å². The molecule has 3 heterocycles. The summed E-state index contributed by atoms with van der Waals surface area (Å²) in [6.45, 7) is 3.52. The number of urea groups is 1. The highest BCUT2D eigenvalue weighted by atomic mass is 35.5. The van der Waals surface area contributed by atoms with Gasteiger partial charge in [-0.1, -0.05) is 11.6 Å². The quantitative estimate of drug-likeness (QED) is 0.760. The second kappa shape index (κ2) is 7.08. The highest BCUT2D eigenvalue weighted by Crippen LogP contribution is 2.55. The number of benzene rings is 1. The van der Waals surface area contributed by atoms with Crippen LogP contribution in [0.5, 0.6) is 5.75 Å². The summed E-state index contributed by atoms with van der Waals surface area (Å²) in [7, 11) is 0. The number of aromatic nitrogens is 3. The average Bonchev–Trinajstić information content (AvgIpc) is 3.38. The number of rotatable bonds is 5. The van der Waals surface area contributed by atoms with Crippen LogP contribution < -0.4 is 4.74 Å². The first-order valence-corrected chi connectivity index (χ1v) is 11.4. The molecule has 164 valence electrons. The summed E-state index contributed by atoms with van der Waals surface area (Å²) in [4.78, 5) is 21.2. The van der Waals surface area contributed by atoms with E-state index in [2.05, 4.69) is 15.2 Å². The SMILES string of the molecule is O=C(N1CC(COc2ccc(F)cc2Cl)C1)N1CC2(CC(c3n[nH]c(C4CC4)n3)C2)C1. The minimum atomic E-state index is -0.383. The van der Waals surface area contributed by atoms with Crippen LogP contribution in [-0.2, 0) is 0 Å². The highest BCUT2D eigenvalue weighted by molar-refractivity contribution is 6.32. The highest BCUT2D eigenvalue weighted by Gasteiger charge is 2.56. The average molecular weight is 446 g/mol. The molecule has 9 heteroatoms. The number of carbonyl (C=O) groups excluding carboxylic acids is 1. The van der Waals surface area contributed by atoms with Gasteiger partial charge >= 0.3 is 6.03 Å². The van der Waals surface area contributed by atoms with Crippen molar-refractivity contribution in [1.82, 2.24) is 25.0 Å². The molecule has 2 amide bonds. The van der Waals surface area contributed by atoms with E-state index >= 15 is 0 Å². The summed E-state index contributed by atoms with van der Waals surface area (Å²) >= 11 is 5.99. The Labute approximate surface area is 184 Å². The van der Waals surface area contributed by atoms with E-state index in [1.807, 2.05) is 9.80 Å². The summed E-state index contributed by atoms with van der Waals surface area (Å²) in [5, 5.41) is 7.79. The zero-order chi connectivity index (χ0) is 21.2. The van der Waals surface area contributed by atoms with Gasteiger partial charge in [0, 0.05) is 49.3 Å². The number of nitrogens with zero attached hydrogens (tertiary/aromatic N) is 4. The molecule has 2 aromatic rings. The van der Waals surface area contributed by atoms with Gasteiger partial charge in [0.15, 0.2) is 5.82 Å². The van der Waals surface area contributed by atoms with Crippen LogP contribution in [0.3, 0.4) is 0 Å². The van der Waals surface area contributed by atoms with Gasteiger partial charge < -0.3 is 14.5 Å². The van der Waals surface area contributed by atoms with Crippen molar-refractivity contribution in [1.29, 1.82) is 0 Å². The topological polar surface area (TPSA) is 74.3 Å². The maximum Gasteiger partial charge on any atom is 0.320 e. The third-order valence-corrected chi connectivity index (χ3v) is 7.42. The minimum absolute atomic E-state index is 0.124. The van der Waals surface area contributed by atoms with Gasteiger partial charge in [-0.15, -0.1) is 0 Å². The monoisotopic (exact) mass is 445 g/mol. The van der Waals surface area contributed by atoms with Crippen LogP contribution in [0, 0.1) is 17.2 Å². The molecule has 1 aromatic carbocycles. The molecule has 0 unspecified atom stereocenters. The molecule has 2 saturated carbocycles. The molecule has 0 radical (unpaired) electrons. The van der Waals surface area contributed by atoms with E-state index in [1.54, 1.807) is 0 Å². The minimum Gasteiger partial charge on any atom is -0.492 e. The zero-order valence-electron chi connectivity index (χ0n) is 17.2. The van der Waals surface area contributed by atoms with Crippen molar-refractivity contribution in [2.45, 2.75) is 37.5 Å². The van der Waals surface area contributed by atoms with E-state index in [0.29, 0.717) is 37.3 Å². The van der Waals surface area contributed by atoms with Crippen molar-refractivity contribution in [2.24, 2.45) is 11.3 Å². The maximum absolute atomic E-state index is 13.1. The second-order valence-electron chi connectivity index (χ2n) is 9.75. The lowest BCUT2D eigenvalue weighted by Crippen LogP contribution is -2.67. The van der Waals surface area contributed by atoms with Gasteiger partial charge in [-0.3, -0.25) is 5.10 Å². The number of likely N-dealkylation sites (tertiary alicyclic amines) is 2. The first-order valence-electron chi connectivity index (χ1n) is 11.0. The van der Waals surface area contributed by atoms with Crippen LogP contribution in [-0.4, -0.2) is 63.8 Å². The molecular weight excluding hydrogens is 421 g/mol. The van der Waals surface area contributed by atoms with Gasteiger partial charge in [-0.05, 0) is 43.9 Å². The largest absolute Gasteiger partial charge is 0.492 e. The van der Waals surface area contributed by atoms with E-state index in [0.717, 1.165) is 37.6 Å². The number of H-pyrrole nitrogens is 1. The Morgan fingerprint density at radius 2 is 2.00 bits per heavy atom. The molecule has 2 aliphatic heterocycles. The standard InChI is InChI=1S/C22H25ClFN5O2/c23-17-5-16(24)3-4-18(17)31-10-13-8-28(9-13)21(30)29-11-22(12-29)6-15(7-22)20-25-19(26-27-20)14-1-2-14/h3-5,13-15H,1-2,6-12H2,(H,25,26,27). The van der Waals surface area contributed by atoms with Crippen LogP contribution in [0.4, 0.5) is 9.18 Å². The first-order chi connectivity index (χ1) is 15.0. The number of ether oxygens (including phenoxy) is 1. The molecule has 1 aromatic heterocycles. The normalized spacial score (nSPS) is 22.8. The van der Waals surface area contributed by atoms with E-state index in [4.69, 9.17) is 16.3 Å². The Kier molecular flexibility index (Phi) is 4.42. The predicted octanol–water partition coefficient (Wildman–Crippen LogP) is 3.78. The van der Waals surface area contributed by atoms with E-state index in [-0.39, 0.29) is 28.2 Å². The molecule has 4 fully saturated rings.